The zero-order valence-corrected chi connectivity index (χ0v) is 17.3. The topological polar surface area (TPSA) is 71.5 Å². The highest BCUT2D eigenvalue weighted by Gasteiger charge is 2.32. The number of hydrogen-bond donors (Lipinski definition) is 1. The molecule has 0 saturated heterocycles. The lowest BCUT2D eigenvalue weighted by Crippen LogP contribution is -2.34. The predicted octanol–water partition coefficient (Wildman–Crippen LogP) is 6.46. The number of nitrogens with zero attached hydrogens (tertiary/aromatic N) is 2. The van der Waals surface area contributed by atoms with Crippen molar-refractivity contribution in [3.05, 3.63) is 71.2 Å². The Morgan fingerprint density at radius 2 is 1.90 bits per heavy atom. The number of pyridine rings is 1. The number of rotatable bonds is 4. The maximum Gasteiger partial charge on any atom is 0.331 e. The van der Waals surface area contributed by atoms with Gasteiger partial charge in [0.2, 0.25) is 0 Å². The van der Waals surface area contributed by atoms with Gasteiger partial charge < -0.3 is 10.1 Å². The first-order chi connectivity index (χ1) is 14.5. The molecule has 2 amide bonds. The number of urea groups is 1. The van der Waals surface area contributed by atoms with E-state index in [0.717, 1.165) is 22.6 Å². The van der Waals surface area contributed by atoms with Crippen molar-refractivity contribution in [3.8, 4) is 11.5 Å². The first-order valence-corrected chi connectivity index (χ1v) is 10.3. The van der Waals surface area contributed by atoms with Crippen molar-refractivity contribution in [2.75, 3.05) is 10.2 Å². The Morgan fingerprint density at radius 1 is 1.10 bits per heavy atom. The van der Waals surface area contributed by atoms with Gasteiger partial charge in [0, 0.05) is 6.20 Å². The van der Waals surface area contributed by atoms with Crippen LogP contribution in [0.2, 0.25) is 0 Å². The quantitative estimate of drug-likeness (QED) is 0.373. The van der Waals surface area contributed by atoms with E-state index in [1.165, 1.54) is 0 Å². The van der Waals surface area contributed by atoms with Gasteiger partial charge in [-0.2, -0.15) is 0 Å². The van der Waals surface area contributed by atoms with E-state index in [1.54, 1.807) is 17.2 Å². The van der Waals surface area contributed by atoms with Gasteiger partial charge in [0.1, 0.15) is 21.2 Å². The number of hydrogen-bond acceptors (Lipinski definition) is 5. The van der Waals surface area contributed by atoms with Gasteiger partial charge in [0.05, 0.1) is 22.4 Å². The van der Waals surface area contributed by atoms with Crippen molar-refractivity contribution in [1.29, 1.82) is 0 Å². The third kappa shape index (κ3) is 2.99. The van der Waals surface area contributed by atoms with Gasteiger partial charge in [-0.05, 0) is 60.5 Å². The van der Waals surface area contributed by atoms with Crippen LogP contribution in [-0.2, 0) is 0 Å². The molecular formula is C22H14ClN3O3S. The second-order valence-corrected chi connectivity index (χ2v) is 8.06. The molecule has 0 atom stereocenters. The Hall–Kier alpha value is -3.42. The number of halogens is 1. The van der Waals surface area contributed by atoms with Gasteiger partial charge in [-0.1, -0.05) is 18.2 Å². The summed E-state index contributed by atoms with van der Waals surface area (Å²) in [7, 11) is 0. The fourth-order valence-electron chi connectivity index (χ4n) is 3.53. The summed E-state index contributed by atoms with van der Waals surface area (Å²) in [5.41, 5.74) is 2.63. The number of ether oxygens (including phenoxy) is 1. The summed E-state index contributed by atoms with van der Waals surface area (Å²) in [4.78, 5) is 31.6. The average molecular weight is 436 g/mol. The van der Waals surface area contributed by atoms with Crippen LogP contribution in [0.1, 0.15) is 15.2 Å². The fourth-order valence-corrected chi connectivity index (χ4v) is 4.69. The highest BCUT2D eigenvalue weighted by Crippen LogP contribution is 2.46. The van der Waals surface area contributed by atoms with E-state index >= 15 is 0 Å². The molecule has 6 nitrogen and oxygen atoms in total. The predicted molar refractivity (Wildman–Crippen MR) is 119 cm³/mol. The zero-order chi connectivity index (χ0) is 20.8. The third-order valence-electron chi connectivity index (χ3n) is 4.81. The molecule has 1 aliphatic rings. The molecule has 0 fully saturated rings. The summed E-state index contributed by atoms with van der Waals surface area (Å²) in [6.45, 7) is 1.91. The maximum atomic E-state index is 13.0. The van der Waals surface area contributed by atoms with E-state index in [1.807, 2.05) is 55.5 Å². The van der Waals surface area contributed by atoms with Crippen molar-refractivity contribution in [3.63, 3.8) is 0 Å². The molecule has 2 aromatic carbocycles. The molecule has 0 aliphatic carbocycles. The first kappa shape index (κ1) is 18.6. The molecule has 2 aromatic heterocycles. The van der Waals surface area contributed by atoms with E-state index in [0.29, 0.717) is 33.0 Å². The normalized spacial score (nSPS) is 12.7. The van der Waals surface area contributed by atoms with E-state index in [-0.39, 0.29) is 10.9 Å². The molecule has 1 N–H and O–H groups in total. The Kier molecular flexibility index (Phi) is 4.42. The molecule has 30 heavy (non-hydrogen) atoms. The number of aryl methyl sites for hydroxylation is 1. The van der Waals surface area contributed by atoms with Crippen LogP contribution in [0.4, 0.5) is 21.9 Å². The molecule has 0 saturated carbocycles. The number of amides is 2. The van der Waals surface area contributed by atoms with Gasteiger partial charge in [-0.25, -0.2) is 9.78 Å². The van der Waals surface area contributed by atoms with Crippen LogP contribution >= 0.6 is 22.9 Å². The summed E-state index contributed by atoms with van der Waals surface area (Å²) in [5.74, 6) is 1.41. The number of anilines is 3. The van der Waals surface area contributed by atoms with Gasteiger partial charge in [-0.15, -0.1) is 11.3 Å². The molecule has 0 radical (unpaired) electrons. The molecule has 148 valence electrons. The van der Waals surface area contributed by atoms with Crippen molar-refractivity contribution in [1.82, 2.24) is 4.98 Å². The first-order valence-electron chi connectivity index (χ1n) is 9.09. The maximum absolute atomic E-state index is 13.0. The van der Waals surface area contributed by atoms with E-state index < -0.39 is 5.24 Å². The Morgan fingerprint density at radius 3 is 2.63 bits per heavy atom. The van der Waals surface area contributed by atoms with E-state index in [2.05, 4.69) is 10.3 Å². The summed E-state index contributed by atoms with van der Waals surface area (Å²) >= 11 is 6.87. The van der Waals surface area contributed by atoms with Crippen LogP contribution < -0.4 is 15.0 Å². The number of para-hydroxylation sites is 1. The molecule has 0 spiro atoms. The summed E-state index contributed by atoms with van der Waals surface area (Å²) in [6.07, 6.45) is 1.62. The van der Waals surface area contributed by atoms with Crippen molar-refractivity contribution < 1.29 is 14.3 Å². The van der Waals surface area contributed by atoms with Crippen LogP contribution in [0.5, 0.6) is 11.5 Å². The van der Waals surface area contributed by atoms with Crippen LogP contribution in [0, 0.1) is 6.92 Å². The van der Waals surface area contributed by atoms with Crippen LogP contribution in [-0.4, -0.2) is 16.3 Å². The van der Waals surface area contributed by atoms with Crippen molar-refractivity contribution in [2.45, 2.75) is 6.92 Å². The van der Waals surface area contributed by atoms with Crippen molar-refractivity contribution in [2.24, 2.45) is 0 Å². The number of benzene rings is 2. The number of carbonyl (C=O) groups is 2. The number of thiophene rings is 1. The minimum atomic E-state index is -0.619. The molecule has 8 heteroatoms. The minimum absolute atomic E-state index is 0.281. The summed E-state index contributed by atoms with van der Waals surface area (Å²) in [5, 5.41) is 2.89. The lowest BCUT2D eigenvalue weighted by molar-refractivity contribution is 0.108. The summed E-state index contributed by atoms with van der Waals surface area (Å²) in [6, 6.07) is 16.4. The largest absolute Gasteiger partial charge is 0.457 e. The fraction of sp³-hybridized carbons (Fsp3) is 0.0455. The Balaban J connectivity index is 1.59. The minimum Gasteiger partial charge on any atom is -0.457 e. The van der Waals surface area contributed by atoms with Crippen LogP contribution in [0.15, 0.2) is 60.8 Å². The highest BCUT2D eigenvalue weighted by atomic mass is 35.5. The van der Waals surface area contributed by atoms with Gasteiger partial charge >= 0.3 is 6.03 Å². The number of aromatic nitrogens is 1. The van der Waals surface area contributed by atoms with E-state index in [4.69, 9.17) is 16.3 Å². The molecule has 3 heterocycles. The van der Waals surface area contributed by atoms with Crippen LogP contribution in [0.3, 0.4) is 0 Å². The lowest BCUT2D eigenvalue weighted by atomic mass is 10.1. The second kappa shape index (κ2) is 7.12. The second-order valence-electron chi connectivity index (χ2n) is 6.72. The molecule has 4 aromatic rings. The third-order valence-corrected chi connectivity index (χ3v) is 6.21. The average Bonchev–Trinajstić information content (AvgIpc) is 3.10. The number of nitrogens with one attached hydrogen (secondary N) is 1. The monoisotopic (exact) mass is 435 g/mol. The molecule has 0 unspecified atom stereocenters. The standard InChI is InChI=1S/C22H14ClN3O3S/c1-12-11-14(29-13-5-3-2-4-6-13)7-8-15(12)26-16-9-10-24-21-17(16)18(25-22(26)28)19(30-21)20(23)27/h2-11H,1H3,(H,25,28). The Bertz CT molecular complexity index is 1320. The number of carbonyl (C=O) groups excluding carboxylic acids is 2. The molecule has 5 rings (SSSR count). The van der Waals surface area contributed by atoms with E-state index in [9.17, 15) is 9.59 Å². The molecule has 1 aliphatic heterocycles. The van der Waals surface area contributed by atoms with Gasteiger partial charge in [-0.3, -0.25) is 9.69 Å². The zero-order valence-electron chi connectivity index (χ0n) is 15.7. The molecule has 0 bridgehead atoms. The molecular weight excluding hydrogens is 422 g/mol. The smallest absolute Gasteiger partial charge is 0.331 e. The lowest BCUT2D eigenvalue weighted by Gasteiger charge is -2.29. The SMILES string of the molecule is Cc1cc(Oc2ccccc2)ccc1N1C(=O)Nc2c(C(=O)Cl)sc3nccc1c23. The van der Waals surface area contributed by atoms with Crippen LogP contribution in [0.25, 0.3) is 10.2 Å². The summed E-state index contributed by atoms with van der Waals surface area (Å²) < 4.78 is 5.89. The highest BCUT2D eigenvalue weighted by molar-refractivity contribution is 7.22. The van der Waals surface area contributed by atoms with Gasteiger partial charge in [0.25, 0.3) is 5.24 Å². The van der Waals surface area contributed by atoms with Gasteiger partial charge in [0.15, 0.2) is 0 Å². The van der Waals surface area contributed by atoms with Crippen molar-refractivity contribution >= 4 is 61.5 Å². The Labute approximate surface area is 180 Å².